The van der Waals surface area contributed by atoms with Crippen LogP contribution in [0.25, 0.3) is 10.8 Å². The molecule has 33 heavy (non-hydrogen) atoms. The van der Waals surface area contributed by atoms with Crippen molar-refractivity contribution >= 4 is 68.1 Å². The summed E-state index contributed by atoms with van der Waals surface area (Å²) in [6.07, 6.45) is 1.61. The second-order valence-corrected chi connectivity index (χ2v) is 9.53. The number of halogens is 2. The predicted octanol–water partition coefficient (Wildman–Crippen LogP) is 6.40. The minimum absolute atomic E-state index is 0.300. The highest BCUT2D eigenvalue weighted by molar-refractivity contribution is 14.1. The molecule has 0 aromatic heterocycles. The number of benzene rings is 4. The summed E-state index contributed by atoms with van der Waals surface area (Å²) in [4.78, 5) is 12.3. The predicted molar refractivity (Wildman–Crippen MR) is 148 cm³/mol. The van der Waals surface area contributed by atoms with Crippen LogP contribution in [0.1, 0.15) is 21.5 Å². The maximum Gasteiger partial charge on any atom is 0.271 e. The minimum atomic E-state index is -0.300. The Morgan fingerprint density at radius 1 is 0.909 bits per heavy atom. The summed E-state index contributed by atoms with van der Waals surface area (Å²) in [6.45, 7) is 0.490. The van der Waals surface area contributed by atoms with Gasteiger partial charge in [0.2, 0.25) is 0 Å². The molecule has 0 aliphatic rings. The van der Waals surface area contributed by atoms with Gasteiger partial charge in [0.25, 0.3) is 5.91 Å². The Morgan fingerprint density at radius 3 is 2.52 bits per heavy atom. The Labute approximate surface area is 219 Å². The Bertz CT molecular complexity index is 1340. The lowest BCUT2D eigenvalue weighted by atomic mass is 10.1. The third-order valence-electron chi connectivity index (χ3n) is 4.96. The lowest BCUT2D eigenvalue weighted by Crippen LogP contribution is -2.17. The molecule has 0 heterocycles. The van der Waals surface area contributed by atoms with Crippen LogP contribution in [0.4, 0.5) is 0 Å². The van der Waals surface area contributed by atoms with Crippen LogP contribution in [0.5, 0.6) is 11.5 Å². The summed E-state index contributed by atoms with van der Waals surface area (Å²) in [5, 5.41) is 6.49. The van der Waals surface area contributed by atoms with Crippen molar-refractivity contribution in [3.8, 4) is 11.5 Å². The number of ether oxygens (including phenoxy) is 2. The van der Waals surface area contributed by atoms with Crippen LogP contribution in [0, 0.1) is 7.14 Å². The SMILES string of the molecule is COc1cc(C(=O)N/N=C\c2ccc(OCc3ccc4ccccc4c3)c(I)c2)ccc1I. The van der Waals surface area contributed by atoms with Gasteiger partial charge in [0.1, 0.15) is 18.1 Å². The smallest absolute Gasteiger partial charge is 0.271 e. The summed E-state index contributed by atoms with van der Waals surface area (Å²) in [5.41, 5.74) is 5.01. The Balaban J connectivity index is 1.36. The molecule has 1 amide bonds. The van der Waals surface area contributed by atoms with Gasteiger partial charge in [0, 0.05) is 5.56 Å². The van der Waals surface area contributed by atoms with Crippen LogP contribution in [0.15, 0.2) is 84.0 Å². The highest BCUT2D eigenvalue weighted by Gasteiger charge is 2.08. The van der Waals surface area contributed by atoms with Crippen molar-refractivity contribution < 1.29 is 14.3 Å². The molecular formula is C26H20I2N2O3. The van der Waals surface area contributed by atoms with Crippen molar-refractivity contribution in [2.24, 2.45) is 5.10 Å². The van der Waals surface area contributed by atoms with Gasteiger partial charge >= 0.3 is 0 Å². The molecule has 4 rings (SSSR count). The molecular weight excluding hydrogens is 642 g/mol. The minimum Gasteiger partial charge on any atom is -0.496 e. The summed E-state index contributed by atoms with van der Waals surface area (Å²) >= 11 is 4.40. The van der Waals surface area contributed by atoms with Gasteiger partial charge in [-0.2, -0.15) is 5.10 Å². The van der Waals surface area contributed by atoms with Crippen molar-refractivity contribution in [3.63, 3.8) is 0 Å². The largest absolute Gasteiger partial charge is 0.496 e. The molecule has 166 valence electrons. The molecule has 0 fully saturated rings. The van der Waals surface area contributed by atoms with E-state index >= 15 is 0 Å². The van der Waals surface area contributed by atoms with Crippen LogP contribution in [-0.2, 0) is 6.61 Å². The fraction of sp³-hybridized carbons (Fsp3) is 0.0769. The van der Waals surface area contributed by atoms with Crippen LogP contribution in [0.2, 0.25) is 0 Å². The van der Waals surface area contributed by atoms with Gasteiger partial charge in [-0.15, -0.1) is 0 Å². The van der Waals surface area contributed by atoms with Crippen molar-refractivity contribution in [2.45, 2.75) is 6.61 Å². The molecule has 0 aliphatic carbocycles. The maximum absolute atomic E-state index is 12.3. The molecule has 4 aromatic rings. The number of fused-ring (bicyclic) bond motifs is 1. The van der Waals surface area contributed by atoms with Gasteiger partial charge < -0.3 is 9.47 Å². The number of hydrazone groups is 1. The van der Waals surface area contributed by atoms with Crippen LogP contribution >= 0.6 is 45.2 Å². The lowest BCUT2D eigenvalue weighted by molar-refractivity contribution is 0.0954. The Morgan fingerprint density at radius 2 is 1.73 bits per heavy atom. The lowest BCUT2D eigenvalue weighted by Gasteiger charge is -2.10. The number of carbonyl (C=O) groups excluding carboxylic acids is 1. The Hall–Kier alpha value is -2.66. The van der Waals surface area contributed by atoms with Gasteiger partial charge in [-0.25, -0.2) is 5.43 Å². The standard InChI is InChI=1S/C26H20I2N2O3/c1-32-25-14-21(9-10-22(25)27)26(31)30-29-15-17-7-11-24(23(28)13-17)33-16-18-6-8-19-4-2-3-5-20(19)12-18/h2-15H,16H2,1H3,(H,30,31)/b29-15-. The molecule has 0 spiro atoms. The fourth-order valence-electron chi connectivity index (χ4n) is 3.24. The molecule has 5 nitrogen and oxygen atoms in total. The van der Waals surface area contributed by atoms with Crippen molar-refractivity contribution in [1.82, 2.24) is 5.43 Å². The Kier molecular flexibility index (Phi) is 7.81. The van der Waals surface area contributed by atoms with Gasteiger partial charge in [-0.05, 0) is 110 Å². The zero-order chi connectivity index (χ0) is 23.2. The van der Waals surface area contributed by atoms with E-state index in [1.165, 1.54) is 10.8 Å². The summed E-state index contributed by atoms with van der Waals surface area (Å²) in [5.74, 6) is 1.16. The van der Waals surface area contributed by atoms with Crippen molar-refractivity contribution in [1.29, 1.82) is 0 Å². The summed E-state index contributed by atoms with van der Waals surface area (Å²) < 4.78 is 13.2. The second kappa shape index (κ2) is 11.0. The first-order chi connectivity index (χ1) is 16.0. The highest BCUT2D eigenvalue weighted by Crippen LogP contribution is 2.24. The second-order valence-electron chi connectivity index (χ2n) is 7.21. The third kappa shape index (κ3) is 6.02. The first kappa shape index (κ1) is 23.5. The molecule has 0 saturated carbocycles. The first-order valence-corrected chi connectivity index (χ1v) is 12.3. The number of hydrogen-bond acceptors (Lipinski definition) is 4. The number of carbonyl (C=O) groups is 1. The number of nitrogens with zero attached hydrogens (tertiary/aromatic N) is 1. The molecule has 0 unspecified atom stereocenters. The van der Waals surface area contributed by atoms with E-state index in [-0.39, 0.29) is 5.91 Å². The van der Waals surface area contributed by atoms with E-state index in [1.807, 2.05) is 36.4 Å². The molecule has 4 aromatic carbocycles. The van der Waals surface area contributed by atoms with E-state index in [0.29, 0.717) is 17.9 Å². The quantitative estimate of drug-likeness (QED) is 0.142. The van der Waals surface area contributed by atoms with Crippen LogP contribution < -0.4 is 14.9 Å². The third-order valence-corrected chi connectivity index (χ3v) is 6.69. The van der Waals surface area contributed by atoms with E-state index in [9.17, 15) is 4.79 Å². The molecule has 0 saturated heterocycles. The number of nitrogens with one attached hydrogen (secondary N) is 1. The fourth-order valence-corrected chi connectivity index (χ4v) is 4.49. The van der Waals surface area contributed by atoms with Gasteiger partial charge in [-0.1, -0.05) is 36.4 Å². The zero-order valence-electron chi connectivity index (χ0n) is 17.7. The zero-order valence-corrected chi connectivity index (χ0v) is 22.0. The maximum atomic E-state index is 12.3. The molecule has 7 heteroatoms. The van der Waals surface area contributed by atoms with E-state index in [1.54, 1.807) is 25.5 Å². The van der Waals surface area contributed by atoms with Crippen molar-refractivity contribution in [2.75, 3.05) is 7.11 Å². The van der Waals surface area contributed by atoms with Gasteiger partial charge in [0.15, 0.2) is 0 Å². The molecule has 0 aliphatic heterocycles. The monoisotopic (exact) mass is 662 g/mol. The summed E-state index contributed by atoms with van der Waals surface area (Å²) in [7, 11) is 1.58. The van der Waals surface area contributed by atoms with Crippen LogP contribution in [-0.4, -0.2) is 19.2 Å². The van der Waals surface area contributed by atoms with E-state index < -0.39 is 0 Å². The van der Waals surface area contributed by atoms with E-state index in [0.717, 1.165) is 24.0 Å². The average molecular weight is 662 g/mol. The molecule has 1 N–H and O–H groups in total. The number of hydrogen-bond donors (Lipinski definition) is 1. The van der Waals surface area contributed by atoms with Gasteiger partial charge in [0.05, 0.1) is 20.5 Å². The van der Waals surface area contributed by atoms with Crippen LogP contribution in [0.3, 0.4) is 0 Å². The van der Waals surface area contributed by atoms with E-state index in [4.69, 9.17) is 9.47 Å². The average Bonchev–Trinajstić information content (AvgIpc) is 2.83. The van der Waals surface area contributed by atoms with Gasteiger partial charge in [-0.3, -0.25) is 4.79 Å². The topological polar surface area (TPSA) is 59.9 Å². The number of methoxy groups -OCH3 is 1. The first-order valence-electron chi connectivity index (χ1n) is 10.1. The molecule has 0 atom stereocenters. The normalized spacial score (nSPS) is 11.0. The molecule has 0 bridgehead atoms. The van der Waals surface area contributed by atoms with E-state index in [2.05, 4.69) is 86.0 Å². The number of amides is 1. The van der Waals surface area contributed by atoms with Crippen molar-refractivity contribution in [3.05, 3.63) is 103 Å². The highest BCUT2D eigenvalue weighted by atomic mass is 127. The molecule has 0 radical (unpaired) electrons. The number of rotatable bonds is 7. The summed E-state index contributed by atoms with van der Waals surface area (Å²) in [6, 6.07) is 25.7.